The highest BCUT2D eigenvalue weighted by atomic mass is 16.4. The summed E-state index contributed by atoms with van der Waals surface area (Å²) in [6, 6.07) is -3.60. The third kappa shape index (κ3) is 8.28. The summed E-state index contributed by atoms with van der Waals surface area (Å²) in [5, 5.41) is 16.7. The molecule has 0 aliphatic carbocycles. The number of carbonyl (C=O) groups is 4. The first-order valence-electron chi connectivity index (χ1n) is 8.76. The van der Waals surface area contributed by atoms with Crippen molar-refractivity contribution in [3.8, 4) is 0 Å². The van der Waals surface area contributed by atoms with Crippen LogP contribution >= 0.6 is 0 Å². The number of carbonyl (C=O) groups excluding carboxylic acids is 3. The Labute approximate surface area is 154 Å². The zero-order valence-electron chi connectivity index (χ0n) is 16.3. The fraction of sp³-hybridized carbons (Fsp3) is 0.765. The standard InChI is InChI=1S/C17H32N4O5/c1-8(2)7-12(17(25)26)20-15(23)11(6)19-16(24)13(9(3)4)21-14(22)10(5)18/h8-13H,7,18H2,1-6H3,(H,19,24)(H,20,23)(H,21,22)(H,25,26). The van der Waals surface area contributed by atoms with Gasteiger partial charge in [0.15, 0.2) is 0 Å². The lowest BCUT2D eigenvalue weighted by atomic mass is 10.0. The van der Waals surface area contributed by atoms with Gasteiger partial charge in [-0.15, -0.1) is 0 Å². The van der Waals surface area contributed by atoms with E-state index in [0.29, 0.717) is 0 Å². The van der Waals surface area contributed by atoms with Gasteiger partial charge in [0.25, 0.3) is 0 Å². The van der Waals surface area contributed by atoms with Crippen LogP contribution in [0.4, 0.5) is 0 Å². The molecule has 26 heavy (non-hydrogen) atoms. The summed E-state index contributed by atoms with van der Waals surface area (Å²) >= 11 is 0. The summed E-state index contributed by atoms with van der Waals surface area (Å²) in [5.41, 5.74) is 5.49. The van der Waals surface area contributed by atoms with Gasteiger partial charge in [0, 0.05) is 0 Å². The second kappa shape index (κ2) is 10.7. The van der Waals surface area contributed by atoms with Crippen LogP contribution in [0, 0.1) is 11.8 Å². The topological polar surface area (TPSA) is 151 Å². The lowest BCUT2D eigenvalue weighted by molar-refractivity contribution is -0.142. The van der Waals surface area contributed by atoms with Crippen molar-refractivity contribution in [2.45, 2.75) is 72.1 Å². The number of rotatable bonds is 10. The van der Waals surface area contributed by atoms with E-state index in [9.17, 15) is 24.3 Å². The molecule has 0 aliphatic heterocycles. The summed E-state index contributed by atoms with van der Waals surface area (Å²) in [4.78, 5) is 47.6. The molecule has 0 radical (unpaired) electrons. The number of nitrogens with one attached hydrogen (secondary N) is 3. The van der Waals surface area contributed by atoms with Crippen LogP contribution in [0.5, 0.6) is 0 Å². The predicted molar refractivity (Wildman–Crippen MR) is 97.0 cm³/mol. The number of nitrogens with two attached hydrogens (primary N) is 1. The van der Waals surface area contributed by atoms with E-state index in [1.54, 1.807) is 13.8 Å². The molecule has 0 spiro atoms. The van der Waals surface area contributed by atoms with Crippen LogP contribution in [0.2, 0.25) is 0 Å². The van der Waals surface area contributed by atoms with E-state index >= 15 is 0 Å². The quantitative estimate of drug-likeness (QED) is 0.352. The monoisotopic (exact) mass is 372 g/mol. The molecule has 0 saturated carbocycles. The summed E-state index contributed by atoms with van der Waals surface area (Å²) in [5.74, 6) is -2.88. The number of aliphatic carboxylic acids is 1. The van der Waals surface area contributed by atoms with Crippen molar-refractivity contribution in [3.05, 3.63) is 0 Å². The molecule has 4 unspecified atom stereocenters. The van der Waals surface area contributed by atoms with Gasteiger partial charge in [0.1, 0.15) is 18.1 Å². The number of carboxylic acid groups (broad SMARTS) is 1. The summed E-state index contributed by atoms with van der Waals surface area (Å²) in [6.07, 6.45) is 0.279. The fourth-order valence-electron chi connectivity index (χ4n) is 2.18. The molecule has 0 saturated heterocycles. The van der Waals surface area contributed by atoms with Crippen LogP contribution in [-0.2, 0) is 19.2 Å². The van der Waals surface area contributed by atoms with E-state index < -0.39 is 47.9 Å². The van der Waals surface area contributed by atoms with Crippen LogP contribution in [0.15, 0.2) is 0 Å². The van der Waals surface area contributed by atoms with E-state index in [1.807, 2.05) is 13.8 Å². The summed E-state index contributed by atoms with van der Waals surface area (Å²) in [6.45, 7) is 10.1. The SMILES string of the molecule is CC(C)CC(NC(=O)C(C)NC(=O)C(NC(=O)C(C)N)C(C)C)C(=O)O. The number of hydrogen-bond donors (Lipinski definition) is 5. The minimum Gasteiger partial charge on any atom is -0.480 e. The van der Waals surface area contributed by atoms with Gasteiger partial charge < -0.3 is 26.8 Å². The maximum atomic E-state index is 12.4. The highest BCUT2D eigenvalue weighted by molar-refractivity contribution is 5.93. The van der Waals surface area contributed by atoms with Crippen LogP contribution in [-0.4, -0.2) is 53.0 Å². The summed E-state index contributed by atoms with van der Waals surface area (Å²) < 4.78 is 0. The molecule has 0 aromatic heterocycles. The zero-order chi connectivity index (χ0) is 20.6. The number of carboxylic acids is 1. The Morgan fingerprint density at radius 1 is 0.846 bits per heavy atom. The van der Waals surface area contributed by atoms with E-state index in [4.69, 9.17) is 5.73 Å². The molecule has 3 amide bonds. The van der Waals surface area contributed by atoms with Gasteiger partial charge in [0.05, 0.1) is 6.04 Å². The first kappa shape index (κ1) is 23.8. The Morgan fingerprint density at radius 2 is 1.38 bits per heavy atom. The third-order valence-electron chi connectivity index (χ3n) is 3.73. The molecule has 0 bridgehead atoms. The van der Waals surface area contributed by atoms with Gasteiger partial charge in [0.2, 0.25) is 17.7 Å². The number of hydrogen-bond acceptors (Lipinski definition) is 5. The Kier molecular flexibility index (Phi) is 9.85. The molecule has 0 heterocycles. The Bertz CT molecular complexity index is 519. The van der Waals surface area contributed by atoms with Crippen LogP contribution in [0.25, 0.3) is 0 Å². The lowest BCUT2D eigenvalue weighted by Gasteiger charge is -2.25. The minimum absolute atomic E-state index is 0.0834. The molecular formula is C17H32N4O5. The molecule has 9 nitrogen and oxygen atoms in total. The fourth-order valence-corrected chi connectivity index (χ4v) is 2.18. The van der Waals surface area contributed by atoms with Crippen molar-refractivity contribution in [1.82, 2.24) is 16.0 Å². The van der Waals surface area contributed by atoms with Crippen molar-refractivity contribution in [2.75, 3.05) is 0 Å². The van der Waals surface area contributed by atoms with Crippen molar-refractivity contribution in [1.29, 1.82) is 0 Å². The molecule has 0 fully saturated rings. The molecule has 4 atom stereocenters. The normalized spacial score (nSPS) is 15.7. The van der Waals surface area contributed by atoms with Gasteiger partial charge in [-0.2, -0.15) is 0 Å². The highest BCUT2D eigenvalue weighted by Crippen LogP contribution is 2.06. The molecule has 6 N–H and O–H groups in total. The second-order valence-electron chi connectivity index (χ2n) is 7.28. The Balaban J connectivity index is 4.90. The van der Waals surface area contributed by atoms with Crippen molar-refractivity contribution in [2.24, 2.45) is 17.6 Å². The Hall–Kier alpha value is -2.16. The molecule has 0 aromatic carbocycles. The number of amides is 3. The molecule has 150 valence electrons. The van der Waals surface area contributed by atoms with Crippen molar-refractivity contribution in [3.63, 3.8) is 0 Å². The molecule has 0 aliphatic rings. The van der Waals surface area contributed by atoms with Gasteiger partial charge in [-0.05, 0) is 32.1 Å². The third-order valence-corrected chi connectivity index (χ3v) is 3.73. The van der Waals surface area contributed by atoms with Gasteiger partial charge in [-0.3, -0.25) is 14.4 Å². The second-order valence-corrected chi connectivity index (χ2v) is 7.28. The molecular weight excluding hydrogens is 340 g/mol. The smallest absolute Gasteiger partial charge is 0.326 e. The van der Waals surface area contributed by atoms with Gasteiger partial charge >= 0.3 is 5.97 Å². The van der Waals surface area contributed by atoms with Crippen molar-refractivity contribution >= 4 is 23.7 Å². The van der Waals surface area contributed by atoms with Crippen LogP contribution in [0.1, 0.15) is 48.0 Å². The van der Waals surface area contributed by atoms with Gasteiger partial charge in [-0.25, -0.2) is 4.79 Å². The van der Waals surface area contributed by atoms with E-state index in [-0.39, 0.29) is 18.3 Å². The first-order chi connectivity index (χ1) is 11.9. The minimum atomic E-state index is -1.13. The van der Waals surface area contributed by atoms with Crippen molar-refractivity contribution < 1.29 is 24.3 Å². The zero-order valence-corrected chi connectivity index (χ0v) is 16.3. The molecule has 0 aromatic rings. The molecule has 0 rings (SSSR count). The average Bonchev–Trinajstić information content (AvgIpc) is 2.50. The lowest BCUT2D eigenvalue weighted by Crippen LogP contribution is -2.57. The summed E-state index contributed by atoms with van der Waals surface area (Å²) in [7, 11) is 0. The maximum Gasteiger partial charge on any atom is 0.326 e. The maximum absolute atomic E-state index is 12.4. The van der Waals surface area contributed by atoms with E-state index in [1.165, 1.54) is 13.8 Å². The van der Waals surface area contributed by atoms with Crippen LogP contribution < -0.4 is 21.7 Å². The highest BCUT2D eigenvalue weighted by Gasteiger charge is 2.29. The molecule has 9 heteroatoms. The van der Waals surface area contributed by atoms with Crippen LogP contribution in [0.3, 0.4) is 0 Å². The average molecular weight is 372 g/mol. The first-order valence-corrected chi connectivity index (χ1v) is 8.76. The largest absolute Gasteiger partial charge is 0.480 e. The van der Waals surface area contributed by atoms with Gasteiger partial charge in [-0.1, -0.05) is 27.7 Å². The van der Waals surface area contributed by atoms with E-state index in [0.717, 1.165) is 0 Å². The van der Waals surface area contributed by atoms with E-state index in [2.05, 4.69) is 16.0 Å². The predicted octanol–water partition coefficient (Wildman–Crippen LogP) is -0.405. The Morgan fingerprint density at radius 3 is 1.77 bits per heavy atom.